The van der Waals surface area contributed by atoms with Gasteiger partial charge in [0.1, 0.15) is 0 Å². The van der Waals surface area contributed by atoms with Crippen LogP contribution in [0.4, 0.5) is 0 Å². The molecule has 6 heteroatoms. The molecule has 144 valence electrons. The van der Waals surface area contributed by atoms with Gasteiger partial charge in [0, 0.05) is 37.4 Å². The average molecular weight is 486 g/mol. The fourth-order valence-corrected chi connectivity index (χ4v) is 3.45. The van der Waals surface area contributed by atoms with E-state index >= 15 is 0 Å². The zero-order valence-corrected chi connectivity index (χ0v) is 19.4. The molecular weight excluding hydrogens is 455 g/mol. The molecule has 0 aliphatic rings. The van der Waals surface area contributed by atoms with E-state index in [1.165, 1.54) is 16.3 Å². The number of benzene rings is 1. The van der Waals surface area contributed by atoms with Crippen molar-refractivity contribution >= 4 is 41.3 Å². The van der Waals surface area contributed by atoms with Crippen molar-refractivity contribution in [2.45, 2.75) is 45.4 Å². The molecule has 0 aliphatic heterocycles. The van der Waals surface area contributed by atoms with Crippen LogP contribution < -0.4 is 10.6 Å². The Morgan fingerprint density at radius 3 is 2.38 bits per heavy atom. The molecule has 1 aromatic heterocycles. The Bertz CT molecular complexity index is 662. The molecule has 0 bridgehead atoms. The van der Waals surface area contributed by atoms with Crippen LogP contribution in [0.2, 0.25) is 0 Å². The summed E-state index contributed by atoms with van der Waals surface area (Å²) in [5.74, 6) is 0.862. The second-order valence-corrected chi connectivity index (χ2v) is 8.08. The third-order valence-corrected chi connectivity index (χ3v) is 4.86. The molecule has 0 spiro atoms. The van der Waals surface area contributed by atoms with Crippen molar-refractivity contribution in [1.82, 2.24) is 15.6 Å². The number of nitrogens with one attached hydrogen (secondary N) is 2. The number of halogens is 1. The van der Waals surface area contributed by atoms with Gasteiger partial charge in [-0.2, -0.15) is 0 Å². The number of rotatable bonds is 7. The van der Waals surface area contributed by atoms with E-state index < -0.39 is 0 Å². The van der Waals surface area contributed by atoms with Crippen molar-refractivity contribution in [2.24, 2.45) is 4.99 Å². The summed E-state index contributed by atoms with van der Waals surface area (Å²) in [6.45, 7) is 8.36. The lowest BCUT2D eigenvalue weighted by Crippen LogP contribution is -2.38. The van der Waals surface area contributed by atoms with E-state index in [1.54, 1.807) is 11.3 Å². The van der Waals surface area contributed by atoms with E-state index in [0.717, 1.165) is 38.3 Å². The second kappa shape index (κ2) is 11.5. The first-order chi connectivity index (χ1) is 12.0. The lowest BCUT2D eigenvalue weighted by Gasteiger charge is -2.14. The topological polar surface area (TPSA) is 49.3 Å². The third kappa shape index (κ3) is 8.03. The molecule has 0 fully saturated rings. The van der Waals surface area contributed by atoms with Crippen molar-refractivity contribution in [1.29, 1.82) is 0 Å². The monoisotopic (exact) mass is 486 g/mol. The van der Waals surface area contributed by atoms with Gasteiger partial charge >= 0.3 is 0 Å². The van der Waals surface area contributed by atoms with E-state index in [4.69, 9.17) is 4.98 Å². The predicted octanol–water partition coefficient (Wildman–Crippen LogP) is 4.40. The molecule has 0 saturated heterocycles. The number of nitrogens with zero attached hydrogens (tertiary/aromatic N) is 2. The van der Waals surface area contributed by atoms with Gasteiger partial charge in [-0.15, -0.1) is 35.3 Å². The van der Waals surface area contributed by atoms with Crippen molar-refractivity contribution in [2.75, 3.05) is 20.1 Å². The van der Waals surface area contributed by atoms with E-state index in [9.17, 15) is 0 Å². The number of aliphatic imine (C=N–C) groups is 1. The summed E-state index contributed by atoms with van der Waals surface area (Å²) >= 11 is 1.74. The zero-order valence-electron chi connectivity index (χ0n) is 16.2. The fraction of sp³-hybridized carbons (Fsp3) is 0.500. The van der Waals surface area contributed by atoms with Crippen LogP contribution in [0.3, 0.4) is 0 Å². The molecular formula is C20H31IN4S. The van der Waals surface area contributed by atoms with Crippen molar-refractivity contribution in [3.8, 4) is 0 Å². The highest BCUT2D eigenvalue weighted by molar-refractivity contribution is 14.0. The van der Waals surface area contributed by atoms with Gasteiger partial charge in [-0.05, 0) is 18.4 Å². The predicted molar refractivity (Wildman–Crippen MR) is 124 cm³/mol. The van der Waals surface area contributed by atoms with Crippen LogP contribution in [-0.4, -0.2) is 31.1 Å². The molecule has 2 aromatic rings. The Labute approximate surface area is 179 Å². The number of hydrogen-bond donors (Lipinski definition) is 2. The van der Waals surface area contributed by atoms with Gasteiger partial charge in [0.05, 0.1) is 10.7 Å². The highest BCUT2D eigenvalue weighted by Gasteiger charge is 2.17. The maximum Gasteiger partial charge on any atom is 0.190 e. The summed E-state index contributed by atoms with van der Waals surface area (Å²) in [4.78, 5) is 9.02. The first kappa shape index (κ1) is 22.9. The zero-order chi connectivity index (χ0) is 18.1. The normalized spacial score (nSPS) is 11.8. The van der Waals surface area contributed by atoms with Gasteiger partial charge in [-0.1, -0.05) is 51.1 Å². The van der Waals surface area contributed by atoms with Gasteiger partial charge in [0.25, 0.3) is 0 Å². The Morgan fingerprint density at radius 2 is 1.77 bits per heavy atom. The maximum atomic E-state index is 4.73. The Hall–Kier alpha value is -1.15. The molecule has 2 rings (SSSR count). The maximum absolute atomic E-state index is 4.73. The van der Waals surface area contributed by atoms with Crippen molar-refractivity contribution < 1.29 is 0 Å². The summed E-state index contributed by atoms with van der Waals surface area (Å²) in [6, 6.07) is 10.6. The summed E-state index contributed by atoms with van der Waals surface area (Å²) < 4.78 is 0. The summed E-state index contributed by atoms with van der Waals surface area (Å²) in [5, 5.41) is 10.1. The van der Waals surface area contributed by atoms with Crippen molar-refractivity contribution in [3.63, 3.8) is 0 Å². The first-order valence-corrected chi connectivity index (χ1v) is 9.80. The minimum atomic E-state index is 0. The van der Waals surface area contributed by atoms with Gasteiger partial charge in [-0.3, -0.25) is 4.99 Å². The second-order valence-electron chi connectivity index (χ2n) is 7.14. The molecule has 0 amide bonds. The minimum Gasteiger partial charge on any atom is -0.356 e. The number of aryl methyl sites for hydroxylation is 1. The Balaban J connectivity index is 0.00000338. The highest BCUT2D eigenvalue weighted by atomic mass is 127. The molecule has 1 heterocycles. The van der Waals surface area contributed by atoms with Gasteiger partial charge in [-0.25, -0.2) is 4.98 Å². The molecule has 26 heavy (non-hydrogen) atoms. The van der Waals surface area contributed by atoms with Gasteiger partial charge in [0.15, 0.2) is 5.96 Å². The molecule has 1 aromatic carbocycles. The van der Waals surface area contributed by atoms with Crippen LogP contribution in [0, 0.1) is 0 Å². The van der Waals surface area contributed by atoms with Crippen LogP contribution in [-0.2, 0) is 18.3 Å². The van der Waals surface area contributed by atoms with Gasteiger partial charge < -0.3 is 10.6 Å². The molecule has 2 N–H and O–H groups in total. The van der Waals surface area contributed by atoms with Crippen LogP contribution in [0.25, 0.3) is 0 Å². The smallest absolute Gasteiger partial charge is 0.190 e. The first-order valence-electron chi connectivity index (χ1n) is 8.92. The van der Waals surface area contributed by atoms with Crippen LogP contribution in [0.15, 0.2) is 40.7 Å². The molecule has 0 aliphatic carbocycles. The lowest BCUT2D eigenvalue weighted by molar-refractivity contribution is 0.570. The standard InChI is InChI=1S/C20H30N4S.HI/c1-20(2,3)17-15-25-18(24-17)12-14-23-19(21-4)22-13-8-11-16-9-6-5-7-10-16;/h5-7,9-10,15H,8,11-14H2,1-4H3,(H2,21,22,23);1H. The molecule has 0 radical (unpaired) electrons. The third-order valence-electron chi connectivity index (χ3n) is 3.95. The lowest BCUT2D eigenvalue weighted by atomic mass is 9.93. The van der Waals surface area contributed by atoms with E-state index in [-0.39, 0.29) is 29.4 Å². The van der Waals surface area contributed by atoms with Crippen LogP contribution >= 0.6 is 35.3 Å². The number of aromatic nitrogens is 1. The molecule has 0 saturated carbocycles. The largest absolute Gasteiger partial charge is 0.356 e. The molecule has 4 nitrogen and oxygen atoms in total. The molecule has 0 unspecified atom stereocenters. The van der Waals surface area contributed by atoms with E-state index in [2.05, 4.69) is 72.1 Å². The minimum absolute atomic E-state index is 0. The highest BCUT2D eigenvalue weighted by Crippen LogP contribution is 2.23. The van der Waals surface area contributed by atoms with Crippen LogP contribution in [0.5, 0.6) is 0 Å². The number of hydrogen-bond acceptors (Lipinski definition) is 3. The summed E-state index contributed by atoms with van der Waals surface area (Å²) in [7, 11) is 1.81. The summed E-state index contributed by atoms with van der Waals surface area (Å²) in [6.07, 6.45) is 3.09. The molecule has 0 atom stereocenters. The summed E-state index contributed by atoms with van der Waals surface area (Å²) in [5.41, 5.74) is 2.68. The van der Waals surface area contributed by atoms with Gasteiger partial charge in [0.2, 0.25) is 0 Å². The fourth-order valence-electron chi connectivity index (χ4n) is 2.42. The van der Waals surface area contributed by atoms with Crippen LogP contribution in [0.1, 0.15) is 43.5 Å². The number of thiazole rings is 1. The van der Waals surface area contributed by atoms with E-state index in [0.29, 0.717) is 0 Å². The number of guanidine groups is 1. The Morgan fingerprint density at radius 1 is 1.08 bits per heavy atom. The SMILES string of the molecule is CN=C(NCCCc1ccccc1)NCCc1nc(C(C)(C)C)cs1.I. The average Bonchev–Trinajstić information content (AvgIpc) is 3.07. The van der Waals surface area contributed by atoms with Crippen molar-refractivity contribution in [3.05, 3.63) is 52.0 Å². The quantitative estimate of drug-likeness (QED) is 0.264. The van der Waals surface area contributed by atoms with E-state index in [1.807, 2.05) is 7.05 Å². The Kier molecular flexibility index (Phi) is 10.2.